The van der Waals surface area contributed by atoms with Gasteiger partial charge in [-0.15, -0.1) is 0 Å². The minimum absolute atomic E-state index is 0.0878. The van der Waals surface area contributed by atoms with Crippen LogP contribution in [0.3, 0.4) is 0 Å². The third-order valence-corrected chi connectivity index (χ3v) is 3.62. The van der Waals surface area contributed by atoms with Gasteiger partial charge in [-0.3, -0.25) is 4.79 Å². The third-order valence-electron chi connectivity index (χ3n) is 3.09. The van der Waals surface area contributed by atoms with E-state index in [1.54, 1.807) is 6.07 Å². The normalized spacial score (nSPS) is 17.9. The molecule has 19 heavy (non-hydrogen) atoms. The van der Waals surface area contributed by atoms with Gasteiger partial charge in [-0.25, -0.2) is 0 Å². The monoisotopic (exact) mass is 317 g/mol. The summed E-state index contributed by atoms with van der Waals surface area (Å²) in [6.45, 7) is 0.467. The number of rotatable bonds is 1. The van der Waals surface area contributed by atoms with Crippen LogP contribution in [0, 0.1) is 0 Å². The second kappa shape index (κ2) is 5.05. The molecule has 4 heteroatoms. The summed E-state index contributed by atoms with van der Waals surface area (Å²) >= 11 is 3.41. The van der Waals surface area contributed by atoms with Crippen LogP contribution >= 0.6 is 15.9 Å². The fraction of sp³-hybridized carbons (Fsp3) is 0.133. The number of benzene rings is 2. The van der Waals surface area contributed by atoms with Gasteiger partial charge >= 0.3 is 0 Å². The Kier molecular flexibility index (Phi) is 3.25. The topological polar surface area (TPSA) is 38.3 Å². The summed E-state index contributed by atoms with van der Waals surface area (Å²) in [4.78, 5) is 11.9. The maximum absolute atomic E-state index is 11.9. The number of hydrogen-bond donors (Lipinski definition) is 1. The highest BCUT2D eigenvalue weighted by Crippen LogP contribution is 2.28. The highest BCUT2D eigenvalue weighted by atomic mass is 79.9. The summed E-state index contributed by atoms with van der Waals surface area (Å²) in [6.07, 6.45) is -0.166. The van der Waals surface area contributed by atoms with E-state index in [0.717, 1.165) is 10.0 Å². The lowest BCUT2D eigenvalue weighted by Gasteiger charge is -2.17. The van der Waals surface area contributed by atoms with E-state index in [2.05, 4.69) is 21.2 Å². The zero-order valence-electron chi connectivity index (χ0n) is 10.1. The first kappa shape index (κ1) is 12.2. The van der Waals surface area contributed by atoms with E-state index in [1.807, 2.05) is 42.5 Å². The maximum Gasteiger partial charge on any atom is 0.255 e. The highest BCUT2D eigenvalue weighted by Gasteiger charge is 2.23. The average molecular weight is 318 g/mol. The van der Waals surface area contributed by atoms with Crippen molar-refractivity contribution in [1.29, 1.82) is 0 Å². The number of fused-ring (bicyclic) bond motifs is 1. The summed E-state index contributed by atoms with van der Waals surface area (Å²) < 4.78 is 6.98. The van der Waals surface area contributed by atoms with Crippen LogP contribution in [0.2, 0.25) is 0 Å². The van der Waals surface area contributed by atoms with Crippen molar-refractivity contribution in [3.63, 3.8) is 0 Å². The molecule has 0 radical (unpaired) electrons. The third kappa shape index (κ3) is 2.49. The van der Waals surface area contributed by atoms with E-state index in [-0.39, 0.29) is 12.0 Å². The maximum atomic E-state index is 11.9. The van der Waals surface area contributed by atoms with E-state index in [1.165, 1.54) is 0 Å². The lowest BCUT2D eigenvalue weighted by atomic mass is 10.1. The Balaban J connectivity index is 1.94. The highest BCUT2D eigenvalue weighted by molar-refractivity contribution is 9.10. The first-order chi connectivity index (χ1) is 9.24. The first-order valence-corrected chi connectivity index (χ1v) is 6.83. The van der Waals surface area contributed by atoms with Crippen LogP contribution in [-0.2, 0) is 0 Å². The van der Waals surface area contributed by atoms with Crippen molar-refractivity contribution in [2.24, 2.45) is 0 Å². The van der Waals surface area contributed by atoms with Gasteiger partial charge in [0.15, 0.2) is 0 Å². The molecule has 0 aliphatic carbocycles. The van der Waals surface area contributed by atoms with Crippen molar-refractivity contribution in [3.8, 4) is 5.75 Å². The summed E-state index contributed by atoms with van der Waals surface area (Å²) in [5.74, 6) is 0.542. The van der Waals surface area contributed by atoms with Crippen molar-refractivity contribution in [2.45, 2.75) is 6.10 Å². The standard InChI is InChI=1S/C15H12BrNO2/c16-11-7-5-10(6-8-11)14-9-17-15(18)12-3-1-2-4-13(12)19-14/h1-8,14H,9H2,(H,17,18). The molecule has 0 spiro atoms. The molecule has 0 aromatic heterocycles. The Labute approximate surface area is 119 Å². The Morgan fingerprint density at radius 2 is 1.84 bits per heavy atom. The largest absolute Gasteiger partial charge is 0.483 e. The smallest absolute Gasteiger partial charge is 0.255 e. The van der Waals surface area contributed by atoms with Crippen molar-refractivity contribution in [3.05, 3.63) is 64.1 Å². The molecule has 0 saturated carbocycles. The van der Waals surface area contributed by atoms with Crippen LogP contribution in [0.5, 0.6) is 5.75 Å². The van der Waals surface area contributed by atoms with Crippen LogP contribution in [0.15, 0.2) is 53.0 Å². The molecule has 3 rings (SSSR count). The SMILES string of the molecule is O=C1NCC(c2ccc(Br)cc2)Oc2ccccc21. The molecule has 2 aromatic rings. The minimum atomic E-state index is -0.166. The van der Waals surface area contributed by atoms with Gasteiger partial charge in [0, 0.05) is 4.47 Å². The predicted molar refractivity (Wildman–Crippen MR) is 76.3 cm³/mol. The Hall–Kier alpha value is -1.81. The average Bonchev–Trinajstić information content (AvgIpc) is 2.60. The lowest BCUT2D eigenvalue weighted by molar-refractivity contribution is 0.0951. The van der Waals surface area contributed by atoms with Crippen molar-refractivity contribution < 1.29 is 9.53 Å². The molecular weight excluding hydrogens is 306 g/mol. The van der Waals surface area contributed by atoms with Gasteiger partial charge in [0.1, 0.15) is 11.9 Å². The fourth-order valence-corrected chi connectivity index (χ4v) is 2.36. The van der Waals surface area contributed by atoms with E-state index in [0.29, 0.717) is 17.9 Å². The van der Waals surface area contributed by atoms with Gasteiger partial charge in [-0.2, -0.15) is 0 Å². The molecular formula is C15H12BrNO2. The minimum Gasteiger partial charge on any atom is -0.483 e. The molecule has 1 unspecified atom stereocenters. The fourth-order valence-electron chi connectivity index (χ4n) is 2.10. The van der Waals surface area contributed by atoms with E-state index in [4.69, 9.17) is 4.74 Å². The van der Waals surface area contributed by atoms with Crippen molar-refractivity contribution in [1.82, 2.24) is 5.32 Å². The number of nitrogens with one attached hydrogen (secondary N) is 1. The molecule has 0 bridgehead atoms. The van der Waals surface area contributed by atoms with E-state index < -0.39 is 0 Å². The van der Waals surface area contributed by atoms with Crippen LogP contribution in [0.1, 0.15) is 22.0 Å². The van der Waals surface area contributed by atoms with Crippen LogP contribution < -0.4 is 10.1 Å². The Bertz CT molecular complexity index is 610. The summed E-state index contributed by atoms with van der Waals surface area (Å²) in [7, 11) is 0. The number of carbonyl (C=O) groups is 1. The zero-order chi connectivity index (χ0) is 13.2. The first-order valence-electron chi connectivity index (χ1n) is 6.03. The van der Waals surface area contributed by atoms with Gasteiger partial charge in [-0.1, -0.05) is 40.2 Å². The summed E-state index contributed by atoms with van der Waals surface area (Å²) in [6, 6.07) is 15.2. The van der Waals surface area contributed by atoms with Crippen LogP contribution in [0.25, 0.3) is 0 Å². The van der Waals surface area contributed by atoms with Crippen molar-refractivity contribution >= 4 is 21.8 Å². The molecule has 1 aliphatic rings. The molecule has 1 aliphatic heterocycles. The zero-order valence-corrected chi connectivity index (χ0v) is 11.7. The summed E-state index contributed by atoms with van der Waals surface area (Å²) in [5.41, 5.74) is 1.63. The molecule has 1 heterocycles. The second-order valence-electron chi connectivity index (χ2n) is 4.36. The molecule has 1 amide bonds. The summed E-state index contributed by atoms with van der Waals surface area (Å²) in [5, 5.41) is 2.89. The van der Waals surface area contributed by atoms with Crippen molar-refractivity contribution in [2.75, 3.05) is 6.54 Å². The van der Waals surface area contributed by atoms with Gasteiger partial charge in [-0.05, 0) is 29.8 Å². The van der Waals surface area contributed by atoms with Gasteiger partial charge in [0.2, 0.25) is 0 Å². The number of halogens is 1. The van der Waals surface area contributed by atoms with Gasteiger partial charge < -0.3 is 10.1 Å². The predicted octanol–water partition coefficient (Wildman–Crippen LogP) is 3.31. The molecule has 1 N–H and O–H groups in total. The van der Waals surface area contributed by atoms with Crippen LogP contribution in [-0.4, -0.2) is 12.5 Å². The van der Waals surface area contributed by atoms with Crippen LogP contribution in [0.4, 0.5) is 0 Å². The molecule has 0 fully saturated rings. The Morgan fingerprint density at radius 3 is 2.63 bits per heavy atom. The molecule has 1 atom stereocenters. The number of ether oxygens (including phenoxy) is 1. The number of para-hydroxylation sites is 1. The second-order valence-corrected chi connectivity index (χ2v) is 5.28. The molecule has 2 aromatic carbocycles. The van der Waals surface area contributed by atoms with E-state index >= 15 is 0 Å². The number of amides is 1. The van der Waals surface area contributed by atoms with Gasteiger partial charge in [0.25, 0.3) is 5.91 Å². The molecule has 0 saturated heterocycles. The quantitative estimate of drug-likeness (QED) is 0.876. The van der Waals surface area contributed by atoms with Gasteiger partial charge in [0.05, 0.1) is 12.1 Å². The molecule has 96 valence electrons. The number of hydrogen-bond acceptors (Lipinski definition) is 2. The van der Waals surface area contributed by atoms with E-state index in [9.17, 15) is 4.79 Å². The lowest BCUT2D eigenvalue weighted by Crippen LogP contribution is -2.26. The molecule has 3 nitrogen and oxygen atoms in total. The number of carbonyl (C=O) groups excluding carboxylic acids is 1. The Morgan fingerprint density at radius 1 is 1.11 bits per heavy atom.